The summed E-state index contributed by atoms with van der Waals surface area (Å²) in [6, 6.07) is -0.606. The van der Waals surface area contributed by atoms with E-state index in [1.807, 2.05) is 17.7 Å². The topological polar surface area (TPSA) is 48.9 Å². The predicted octanol–water partition coefficient (Wildman–Crippen LogP) is 2.71. The zero-order valence-corrected chi connectivity index (χ0v) is 14.7. The molecule has 0 saturated heterocycles. The third-order valence-electron chi connectivity index (χ3n) is 4.44. The molecule has 4 nitrogen and oxygen atoms in total. The van der Waals surface area contributed by atoms with E-state index in [4.69, 9.17) is 0 Å². The van der Waals surface area contributed by atoms with Gasteiger partial charge in [0.2, 0.25) is 0 Å². The van der Waals surface area contributed by atoms with Gasteiger partial charge >= 0.3 is 0 Å². The maximum Gasteiger partial charge on any atom is 0.257 e. The molecule has 22 heavy (non-hydrogen) atoms. The number of carbonyl (C=O) groups excluding carboxylic acids is 1. The lowest BCUT2D eigenvalue weighted by molar-refractivity contribution is -0.719. The van der Waals surface area contributed by atoms with E-state index in [0.29, 0.717) is 0 Å². The molecule has 1 unspecified atom stereocenters. The van der Waals surface area contributed by atoms with Crippen LogP contribution in [0.4, 0.5) is 0 Å². The third-order valence-corrected chi connectivity index (χ3v) is 4.44. The number of nitrogens with zero attached hydrogens (tertiary/aromatic N) is 2. The van der Waals surface area contributed by atoms with E-state index in [-0.39, 0.29) is 0 Å². The van der Waals surface area contributed by atoms with Gasteiger partial charge in [-0.1, -0.05) is 45.4 Å². The molecule has 1 rings (SSSR count). The lowest BCUT2D eigenvalue weighted by Gasteiger charge is -2.12. The zero-order valence-electron chi connectivity index (χ0n) is 14.7. The highest BCUT2D eigenvalue weighted by molar-refractivity contribution is 5.66. The van der Waals surface area contributed by atoms with Crippen LogP contribution in [-0.4, -0.2) is 10.5 Å². The summed E-state index contributed by atoms with van der Waals surface area (Å²) in [4.78, 5) is 11.2. The molecule has 0 bridgehead atoms. The Morgan fingerprint density at radius 1 is 1.18 bits per heavy atom. The van der Waals surface area contributed by atoms with E-state index < -0.39 is 12.0 Å². The average molecular weight is 308 g/mol. The van der Waals surface area contributed by atoms with Crippen LogP contribution >= 0.6 is 0 Å². The SMILES string of the molecule is CCCCCCCCCc1n(CC)c(C)c[n+]1C(C)C(=O)[O-]. The first kappa shape index (κ1) is 18.7. The van der Waals surface area contributed by atoms with Crippen molar-refractivity contribution in [3.05, 3.63) is 17.7 Å². The minimum Gasteiger partial charge on any atom is -0.546 e. The summed E-state index contributed by atoms with van der Waals surface area (Å²) in [5, 5.41) is 11.2. The Bertz CT molecular complexity index is 466. The molecule has 126 valence electrons. The fourth-order valence-electron chi connectivity index (χ4n) is 3.07. The van der Waals surface area contributed by atoms with Crippen LogP contribution in [0.1, 0.15) is 83.3 Å². The van der Waals surface area contributed by atoms with Gasteiger partial charge in [0.15, 0.2) is 0 Å². The summed E-state index contributed by atoms with van der Waals surface area (Å²) < 4.78 is 4.10. The van der Waals surface area contributed by atoms with Gasteiger partial charge < -0.3 is 9.90 Å². The first-order valence-corrected chi connectivity index (χ1v) is 8.83. The number of aliphatic carboxylic acids is 1. The number of rotatable bonds is 11. The van der Waals surface area contributed by atoms with Gasteiger partial charge in [0.05, 0.1) is 12.5 Å². The summed E-state index contributed by atoms with van der Waals surface area (Å²) in [5.74, 6) is 0.101. The van der Waals surface area contributed by atoms with Gasteiger partial charge in [-0.3, -0.25) is 0 Å². The lowest BCUT2D eigenvalue weighted by atomic mass is 10.1. The minimum absolute atomic E-state index is 0.606. The van der Waals surface area contributed by atoms with Gasteiger partial charge in [0.25, 0.3) is 5.82 Å². The van der Waals surface area contributed by atoms with Crippen molar-refractivity contribution in [2.75, 3.05) is 0 Å². The van der Waals surface area contributed by atoms with Crippen LogP contribution in [0.2, 0.25) is 0 Å². The smallest absolute Gasteiger partial charge is 0.257 e. The van der Waals surface area contributed by atoms with Crippen molar-refractivity contribution >= 4 is 5.97 Å². The molecule has 0 aliphatic carbocycles. The largest absolute Gasteiger partial charge is 0.546 e. The molecule has 0 aliphatic heterocycles. The van der Waals surface area contributed by atoms with E-state index in [1.165, 1.54) is 38.5 Å². The third kappa shape index (κ3) is 5.15. The molecule has 0 spiro atoms. The summed E-state index contributed by atoms with van der Waals surface area (Å²) in [5.41, 5.74) is 1.12. The second kappa shape index (κ2) is 9.65. The first-order valence-electron chi connectivity index (χ1n) is 8.83. The molecular formula is C18H32N2O2. The normalized spacial score (nSPS) is 12.5. The maximum absolute atomic E-state index is 11.2. The summed E-state index contributed by atoms with van der Waals surface area (Å²) >= 11 is 0. The monoisotopic (exact) mass is 308 g/mol. The van der Waals surface area contributed by atoms with Crippen molar-refractivity contribution in [2.45, 2.75) is 91.6 Å². The Labute approximate surface area is 135 Å². The van der Waals surface area contributed by atoms with Crippen LogP contribution in [-0.2, 0) is 17.8 Å². The Hall–Kier alpha value is -1.32. The van der Waals surface area contributed by atoms with Crippen molar-refractivity contribution < 1.29 is 14.5 Å². The second-order valence-electron chi connectivity index (χ2n) is 6.20. The first-order chi connectivity index (χ1) is 10.5. The number of hydrogen-bond donors (Lipinski definition) is 0. The maximum atomic E-state index is 11.2. The van der Waals surface area contributed by atoms with Crippen molar-refractivity contribution in [1.29, 1.82) is 0 Å². The summed E-state index contributed by atoms with van der Waals surface area (Å²) in [6.45, 7) is 8.96. The molecule has 1 aromatic rings. The number of unbranched alkanes of at least 4 members (excludes halogenated alkanes) is 6. The highest BCUT2D eigenvalue weighted by Gasteiger charge is 2.23. The molecule has 1 atom stereocenters. The molecule has 0 amide bonds. The molecule has 0 aromatic carbocycles. The fraction of sp³-hybridized carbons (Fsp3) is 0.778. The molecule has 4 heteroatoms. The van der Waals surface area contributed by atoms with Crippen molar-refractivity contribution in [1.82, 2.24) is 4.57 Å². The van der Waals surface area contributed by atoms with Gasteiger partial charge in [-0.15, -0.1) is 0 Å². The van der Waals surface area contributed by atoms with Crippen molar-refractivity contribution in [3.8, 4) is 0 Å². The number of aryl methyl sites for hydroxylation is 1. The summed E-state index contributed by atoms with van der Waals surface area (Å²) in [7, 11) is 0. The minimum atomic E-state index is -1.01. The molecule has 1 heterocycles. The fourth-order valence-corrected chi connectivity index (χ4v) is 3.07. The van der Waals surface area contributed by atoms with Gasteiger partial charge in [0, 0.05) is 13.3 Å². The lowest BCUT2D eigenvalue weighted by Crippen LogP contribution is -2.49. The van der Waals surface area contributed by atoms with Crippen LogP contribution in [0.3, 0.4) is 0 Å². The quantitative estimate of drug-likeness (QED) is 0.466. The highest BCUT2D eigenvalue weighted by atomic mass is 16.4. The van der Waals surface area contributed by atoms with Gasteiger partial charge in [-0.05, 0) is 20.3 Å². The Balaban J connectivity index is 2.62. The molecule has 0 fully saturated rings. The van der Waals surface area contributed by atoms with Crippen LogP contribution in [0.5, 0.6) is 0 Å². The van der Waals surface area contributed by atoms with E-state index in [2.05, 4.69) is 18.4 Å². The number of carbonyl (C=O) groups is 1. The van der Waals surface area contributed by atoms with Crippen LogP contribution < -0.4 is 9.67 Å². The Morgan fingerprint density at radius 2 is 1.77 bits per heavy atom. The van der Waals surface area contributed by atoms with E-state index >= 15 is 0 Å². The van der Waals surface area contributed by atoms with Gasteiger partial charge in [-0.2, -0.15) is 0 Å². The number of carboxylic acid groups (broad SMARTS) is 1. The zero-order chi connectivity index (χ0) is 16.5. The van der Waals surface area contributed by atoms with E-state index in [9.17, 15) is 9.90 Å². The molecule has 0 aliphatic rings. The molecule has 1 aromatic heterocycles. The molecular weight excluding hydrogens is 276 g/mol. The number of aromatic nitrogens is 2. The van der Waals surface area contributed by atoms with Gasteiger partial charge in [-0.25, -0.2) is 9.13 Å². The standard InChI is InChI=1S/C18H32N2O2/c1-5-7-8-9-10-11-12-13-17-19(6-2)15(3)14-20(17)16(4)18(21)22/h14,16H,5-13H2,1-4H3. The van der Waals surface area contributed by atoms with Crippen molar-refractivity contribution in [3.63, 3.8) is 0 Å². The van der Waals surface area contributed by atoms with E-state index in [0.717, 1.165) is 30.9 Å². The number of carboxylic acids is 1. The average Bonchev–Trinajstić information content (AvgIpc) is 2.81. The van der Waals surface area contributed by atoms with E-state index in [1.54, 1.807) is 6.92 Å². The Kier molecular flexibility index (Phi) is 8.21. The number of imidazole rings is 1. The highest BCUT2D eigenvalue weighted by Crippen LogP contribution is 2.12. The molecule has 0 radical (unpaired) electrons. The van der Waals surface area contributed by atoms with Crippen LogP contribution in [0.15, 0.2) is 6.20 Å². The molecule has 0 N–H and O–H groups in total. The van der Waals surface area contributed by atoms with Crippen LogP contribution in [0.25, 0.3) is 0 Å². The number of hydrogen-bond acceptors (Lipinski definition) is 2. The summed E-state index contributed by atoms with van der Waals surface area (Å²) in [6.07, 6.45) is 11.8. The molecule has 0 saturated carbocycles. The Morgan fingerprint density at radius 3 is 2.32 bits per heavy atom. The van der Waals surface area contributed by atoms with Crippen molar-refractivity contribution in [2.24, 2.45) is 0 Å². The second-order valence-corrected chi connectivity index (χ2v) is 6.20. The van der Waals surface area contributed by atoms with Gasteiger partial charge in [0.1, 0.15) is 17.9 Å². The predicted molar refractivity (Wildman–Crippen MR) is 86.5 cm³/mol. The van der Waals surface area contributed by atoms with Crippen LogP contribution in [0, 0.1) is 6.92 Å².